The monoisotopic (exact) mass is 327 g/mol. The van der Waals surface area contributed by atoms with Gasteiger partial charge in [-0.05, 0) is 23.9 Å². The van der Waals surface area contributed by atoms with Crippen molar-refractivity contribution < 1.29 is 9.32 Å². The van der Waals surface area contributed by atoms with E-state index in [4.69, 9.17) is 4.52 Å². The number of thiophene rings is 1. The maximum Gasteiger partial charge on any atom is 0.263 e. The first-order chi connectivity index (χ1) is 11.2. The highest BCUT2D eigenvalue weighted by Gasteiger charge is 2.36. The van der Waals surface area contributed by atoms with E-state index in [1.165, 1.54) is 11.3 Å². The zero-order valence-corrected chi connectivity index (χ0v) is 13.2. The van der Waals surface area contributed by atoms with Crippen LogP contribution in [-0.4, -0.2) is 44.0 Å². The normalized spacial score (nSPS) is 14.7. The minimum atomic E-state index is 0.0630. The van der Waals surface area contributed by atoms with Crippen LogP contribution in [0.2, 0.25) is 0 Å². The van der Waals surface area contributed by atoms with Crippen molar-refractivity contribution in [2.75, 3.05) is 13.1 Å². The molecule has 1 amide bonds. The van der Waals surface area contributed by atoms with Crippen molar-refractivity contribution in [1.29, 1.82) is 0 Å². The molecule has 3 aromatic heterocycles. The Labute approximate surface area is 136 Å². The molecule has 23 heavy (non-hydrogen) atoms. The molecule has 0 atom stereocenters. The molecular formula is C15H13N5O2S. The molecule has 116 valence electrons. The third-order valence-electron chi connectivity index (χ3n) is 3.69. The summed E-state index contributed by atoms with van der Waals surface area (Å²) >= 11 is 1.48. The second-order valence-electron chi connectivity index (χ2n) is 5.44. The third-order valence-corrected chi connectivity index (χ3v) is 4.73. The van der Waals surface area contributed by atoms with Crippen LogP contribution < -0.4 is 0 Å². The van der Waals surface area contributed by atoms with E-state index >= 15 is 0 Å². The van der Waals surface area contributed by atoms with Crippen molar-refractivity contribution in [2.45, 2.75) is 12.8 Å². The number of rotatable bonds is 3. The predicted molar refractivity (Wildman–Crippen MR) is 83.0 cm³/mol. The number of aromatic nitrogens is 4. The summed E-state index contributed by atoms with van der Waals surface area (Å²) in [7, 11) is 0. The minimum Gasteiger partial charge on any atom is -0.338 e. The van der Waals surface area contributed by atoms with Crippen LogP contribution in [0.4, 0.5) is 0 Å². The Morgan fingerprint density at radius 3 is 2.96 bits per heavy atom. The molecule has 4 heterocycles. The number of hydrogen-bond acceptors (Lipinski definition) is 7. The molecule has 1 aliphatic heterocycles. The summed E-state index contributed by atoms with van der Waals surface area (Å²) in [6.07, 6.45) is 4.76. The van der Waals surface area contributed by atoms with Crippen LogP contribution in [0.15, 0.2) is 34.6 Å². The lowest BCUT2D eigenvalue weighted by atomic mass is 10.00. The molecule has 8 heteroatoms. The smallest absolute Gasteiger partial charge is 0.263 e. The molecule has 4 rings (SSSR count). The van der Waals surface area contributed by atoms with Gasteiger partial charge in [-0.1, -0.05) is 5.16 Å². The Bertz CT molecular complexity index is 838. The van der Waals surface area contributed by atoms with Gasteiger partial charge in [0.1, 0.15) is 5.69 Å². The average molecular weight is 327 g/mol. The summed E-state index contributed by atoms with van der Waals surface area (Å²) in [5.74, 6) is 1.11. The van der Waals surface area contributed by atoms with Gasteiger partial charge in [0.15, 0.2) is 0 Å². The van der Waals surface area contributed by atoms with E-state index in [9.17, 15) is 4.79 Å². The van der Waals surface area contributed by atoms with E-state index in [0.29, 0.717) is 30.5 Å². The topological polar surface area (TPSA) is 85.0 Å². The maximum atomic E-state index is 12.3. The molecule has 1 fully saturated rings. The van der Waals surface area contributed by atoms with Crippen LogP contribution in [0.1, 0.15) is 27.0 Å². The van der Waals surface area contributed by atoms with Gasteiger partial charge in [-0.25, -0.2) is 4.98 Å². The lowest BCUT2D eigenvalue weighted by Crippen LogP contribution is -2.48. The number of aryl methyl sites for hydroxylation is 1. The lowest BCUT2D eigenvalue weighted by Gasteiger charge is -2.36. The number of likely N-dealkylation sites (tertiary alicyclic amines) is 1. The average Bonchev–Trinajstić information content (AvgIpc) is 3.16. The molecule has 0 radical (unpaired) electrons. The predicted octanol–water partition coefficient (Wildman–Crippen LogP) is 2.14. The molecule has 7 nitrogen and oxygen atoms in total. The first-order valence-corrected chi connectivity index (χ1v) is 8.03. The summed E-state index contributed by atoms with van der Waals surface area (Å²) in [5, 5.41) is 5.91. The second kappa shape index (κ2) is 5.54. The van der Waals surface area contributed by atoms with Crippen LogP contribution >= 0.6 is 11.3 Å². The van der Waals surface area contributed by atoms with Crippen molar-refractivity contribution in [3.8, 4) is 11.5 Å². The van der Waals surface area contributed by atoms with Crippen molar-refractivity contribution >= 4 is 17.2 Å². The third kappa shape index (κ3) is 2.61. The molecule has 0 saturated carbocycles. The molecule has 0 unspecified atom stereocenters. The molecule has 0 N–H and O–H groups in total. The fraction of sp³-hybridized carbons (Fsp3) is 0.267. The van der Waals surface area contributed by atoms with Gasteiger partial charge in [0.25, 0.3) is 5.91 Å². The highest BCUT2D eigenvalue weighted by atomic mass is 32.1. The van der Waals surface area contributed by atoms with Gasteiger partial charge in [-0.3, -0.25) is 9.78 Å². The molecule has 3 aromatic rings. The fourth-order valence-corrected chi connectivity index (χ4v) is 3.28. The number of carbonyl (C=O) groups excluding carboxylic acids is 1. The van der Waals surface area contributed by atoms with Crippen LogP contribution in [0, 0.1) is 6.92 Å². The minimum absolute atomic E-state index is 0.0630. The molecule has 1 aliphatic rings. The molecule has 0 bridgehead atoms. The van der Waals surface area contributed by atoms with Gasteiger partial charge in [0.2, 0.25) is 11.7 Å². The first-order valence-electron chi connectivity index (χ1n) is 7.15. The highest BCUT2D eigenvalue weighted by molar-refractivity contribution is 7.12. The van der Waals surface area contributed by atoms with Crippen LogP contribution in [0.5, 0.6) is 0 Å². The molecule has 0 aliphatic carbocycles. The summed E-state index contributed by atoms with van der Waals surface area (Å²) in [5.41, 5.74) is 1.68. The molecule has 0 aromatic carbocycles. The maximum absolute atomic E-state index is 12.3. The lowest BCUT2D eigenvalue weighted by molar-refractivity contribution is 0.0574. The van der Waals surface area contributed by atoms with Gasteiger partial charge in [-0.2, -0.15) is 4.98 Å². The fourth-order valence-electron chi connectivity index (χ4n) is 2.42. The van der Waals surface area contributed by atoms with E-state index in [1.54, 1.807) is 23.5 Å². The Morgan fingerprint density at radius 1 is 1.39 bits per heavy atom. The van der Waals surface area contributed by atoms with E-state index in [0.717, 1.165) is 10.4 Å². The van der Waals surface area contributed by atoms with Gasteiger partial charge >= 0.3 is 0 Å². The van der Waals surface area contributed by atoms with Crippen LogP contribution in [-0.2, 0) is 0 Å². The summed E-state index contributed by atoms with van der Waals surface area (Å²) in [6, 6.07) is 1.92. The molecule has 1 saturated heterocycles. The van der Waals surface area contributed by atoms with E-state index < -0.39 is 0 Å². The van der Waals surface area contributed by atoms with Crippen LogP contribution in [0.25, 0.3) is 11.5 Å². The molecule has 0 spiro atoms. The largest absolute Gasteiger partial charge is 0.338 e. The molecular weight excluding hydrogens is 314 g/mol. The van der Waals surface area contributed by atoms with Gasteiger partial charge < -0.3 is 9.42 Å². The van der Waals surface area contributed by atoms with Crippen molar-refractivity contribution in [2.24, 2.45) is 0 Å². The second-order valence-corrected chi connectivity index (χ2v) is 6.35. The van der Waals surface area contributed by atoms with E-state index in [2.05, 4.69) is 20.1 Å². The van der Waals surface area contributed by atoms with Gasteiger partial charge in [0.05, 0.1) is 17.0 Å². The Hall–Kier alpha value is -2.61. The number of nitrogens with zero attached hydrogens (tertiary/aromatic N) is 5. The number of hydrogen-bond donors (Lipinski definition) is 0. The Kier molecular flexibility index (Phi) is 3.38. The van der Waals surface area contributed by atoms with E-state index in [-0.39, 0.29) is 11.8 Å². The van der Waals surface area contributed by atoms with Crippen molar-refractivity contribution in [1.82, 2.24) is 25.0 Å². The standard InChI is InChI=1S/C15H13N5O2S/c1-9-4-12(23-8-9)15(21)20-6-10(7-20)14-18-13(19-22-14)11-5-16-2-3-17-11/h2-5,8,10H,6-7H2,1H3. The summed E-state index contributed by atoms with van der Waals surface area (Å²) in [6.45, 7) is 3.17. The number of amides is 1. The summed E-state index contributed by atoms with van der Waals surface area (Å²) < 4.78 is 5.30. The van der Waals surface area contributed by atoms with Crippen LogP contribution in [0.3, 0.4) is 0 Å². The zero-order chi connectivity index (χ0) is 15.8. The first kappa shape index (κ1) is 14.0. The Morgan fingerprint density at radius 2 is 2.26 bits per heavy atom. The quantitative estimate of drug-likeness (QED) is 0.732. The van der Waals surface area contributed by atoms with Crippen molar-refractivity contribution in [3.63, 3.8) is 0 Å². The Balaban J connectivity index is 1.42. The highest BCUT2D eigenvalue weighted by Crippen LogP contribution is 2.29. The number of carbonyl (C=O) groups is 1. The summed E-state index contributed by atoms with van der Waals surface area (Å²) in [4.78, 5) is 27.3. The van der Waals surface area contributed by atoms with Gasteiger partial charge in [-0.15, -0.1) is 11.3 Å². The van der Waals surface area contributed by atoms with E-state index in [1.807, 2.05) is 18.4 Å². The van der Waals surface area contributed by atoms with Crippen molar-refractivity contribution in [3.05, 3.63) is 46.4 Å². The zero-order valence-electron chi connectivity index (χ0n) is 12.3. The SMILES string of the molecule is Cc1csc(C(=O)N2CC(c3nc(-c4cnccn4)no3)C2)c1. The van der Waals surface area contributed by atoms with Gasteiger partial charge in [0, 0.05) is 25.5 Å².